The van der Waals surface area contributed by atoms with Crippen molar-refractivity contribution in [3.8, 4) is 0 Å². The molecular weight excluding hydrogens is 868 g/mol. The first-order chi connectivity index (χ1) is 30.7. The fourth-order valence-corrected chi connectivity index (χ4v) is 16.3. The predicted octanol–water partition coefficient (Wildman–Crippen LogP) is -1.59. The van der Waals surface area contributed by atoms with Crippen LogP contribution in [-0.2, 0) is 33.2 Å². The quantitative estimate of drug-likeness (QED) is 0.110. The van der Waals surface area contributed by atoms with E-state index in [9.17, 15) is 61.3 Å². The van der Waals surface area contributed by atoms with Gasteiger partial charge in [-0.2, -0.15) is 0 Å². The van der Waals surface area contributed by atoms with Gasteiger partial charge < -0.3 is 94.4 Å². The third-order valence-corrected chi connectivity index (χ3v) is 19.9. The molecule has 0 aromatic rings. The molecule has 26 atom stereocenters. The molecule has 380 valence electrons. The third kappa shape index (κ3) is 7.30. The number of fused-ring (bicyclic) bond motifs is 2. The SMILES string of the molecule is CC(C)(O)C1COC(C)(C2C(O)CC3(C)C4CC(OC5OC(CO)C(O)C(O)C5O)C5C(C)(C)C(OC6OCC(O)C(O)C6OC6OC(CO)C(O)C(O)C6O)CCC56CC46CCC23C)C1. The number of hydrogen-bond acceptors (Lipinski definition) is 19. The van der Waals surface area contributed by atoms with Crippen LogP contribution in [0.4, 0.5) is 0 Å². The molecule has 0 aromatic carbocycles. The number of rotatable bonds is 10. The van der Waals surface area contributed by atoms with E-state index in [1.165, 1.54) is 0 Å². The number of ether oxygens (including phenoxy) is 7. The van der Waals surface area contributed by atoms with Crippen LogP contribution >= 0.6 is 0 Å². The van der Waals surface area contributed by atoms with E-state index in [1.54, 1.807) is 0 Å². The Morgan fingerprint density at radius 1 is 0.606 bits per heavy atom. The molecule has 4 saturated heterocycles. The van der Waals surface area contributed by atoms with Gasteiger partial charge in [0.2, 0.25) is 0 Å². The average Bonchev–Trinajstić information content (AvgIpc) is 3.62. The van der Waals surface area contributed by atoms with E-state index in [2.05, 4.69) is 34.6 Å². The summed E-state index contributed by atoms with van der Waals surface area (Å²) >= 11 is 0. The second kappa shape index (κ2) is 16.9. The van der Waals surface area contributed by atoms with Crippen molar-refractivity contribution in [2.75, 3.05) is 26.4 Å². The molecule has 5 saturated carbocycles. The third-order valence-electron chi connectivity index (χ3n) is 19.9. The maximum atomic E-state index is 12.3. The van der Waals surface area contributed by atoms with Gasteiger partial charge in [0.1, 0.15) is 67.1 Å². The molecule has 5 aliphatic carbocycles. The molecule has 4 heterocycles. The topological polar surface area (TPSA) is 307 Å². The standard InChI is InChI=1S/C47H78O19/c1-41(2)27(65-40-35(28(52)22(51)18-60-40)66-39-34(58)32(56)30(54)25(16-49)64-39)8-9-47-19-46(47)11-10-43(5)36(45(7)13-20(17-61-45)42(3,4)59)21(50)14-44(43,6)26(46)12-23(37(41)47)62-38-33(57)31(55)29(53)24(15-48)63-38/h20-40,48-59H,8-19H2,1-7H3. The maximum absolute atomic E-state index is 12.3. The first-order valence-electron chi connectivity index (χ1n) is 24.3. The van der Waals surface area contributed by atoms with E-state index in [0.717, 1.165) is 19.3 Å². The van der Waals surface area contributed by atoms with E-state index >= 15 is 0 Å². The molecular formula is C47H78O19. The van der Waals surface area contributed by atoms with Crippen molar-refractivity contribution in [2.24, 2.45) is 50.7 Å². The van der Waals surface area contributed by atoms with E-state index in [1.807, 2.05) is 13.8 Å². The first kappa shape index (κ1) is 50.2. The normalized spacial score (nSPS) is 58.0. The molecule has 4 aliphatic heterocycles. The molecule has 2 spiro atoms. The summed E-state index contributed by atoms with van der Waals surface area (Å²) in [4.78, 5) is 0. The van der Waals surface area contributed by atoms with Crippen LogP contribution in [0, 0.1) is 50.7 Å². The number of hydrogen-bond donors (Lipinski definition) is 12. The zero-order valence-electron chi connectivity index (χ0n) is 39.3. The molecule has 0 bridgehead atoms. The monoisotopic (exact) mass is 947 g/mol. The Bertz CT molecular complexity index is 1760. The molecule has 12 N–H and O–H groups in total. The Kier molecular flexibility index (Phi) is 12.9. The van der Waals surface area contributed by atoms with Gasteiger partial charge in [-0.05, 0) is 111 Å². The second-order valence-electron chi connectivity index (χ2n) is 23.9. The largest absolute Gasteiger partial charge is 0.394 e. The second-order valence-corrected chi connectivity index (χ2v) is 23.9. The van der Waals surface area contributed by atoms with Crippen molar-refractivity contribution in [3.63, 3.8) is 0 Å². The molecule has 66 heavy (non-hydrogen) atoms. The van der Waals surface area contributed by atoms with Crippen LogP contribution in [0.5, 0.6) is 0 Å². The Hall–Kier alpha value is -0.760. The molecule has 9 aliphatic rings. The lowest BCUT2D eigenvalue weighted by atomic mass is 9.41. The Morgan fingerprint density at radius 2 is 1.21 bits per heavy atom. The van der Waals surface area contributed by atoms with Gasteiger partial charge in [-0.25, -0.2) is 0 Å². The van der Waals surface area contributed by atoms with Crippen molar-refractivity contribution in [3.05, 3.63) is 0 Å². The number of aliphatic hydroxyl groups excluding tert-OH is 11. The summed E-state index contributed by atoms with van der Waals surface area (Å²) in [5.74, 6) is -0.581. The molecule has 0 radical (unpaired) electrons. The zero-order valence-corrected chi connectivity index (χ0v) is 39.3. The molecule has 9 fully saturated rings. The van der Waals surface area contributed by atoms with Crippen LogP contribution < -0.4 is 0 Å². The van der Waals surface area contributed by atoms with Crippen molar-refractivity contribution in [2.45, 2.75) is 215 Å². The van der Waals surface area contributed by atoms with Gasteiger partial charge in [0, 0.05) is 11.8 Å². The van der Waals surface area contributed by atoms with Gasteiger partial charge in [0.25, 0.3) is 0 Å². The van der Waals surface area contributed by atoms with Crippen LogP contribution in [0.2, 0.25) is 0 Å². The van der Waals surface area contributed by atoms with Crippen molar-refractivity contribution in [1.29, 1.82) is 0 Å². The first-order valence-corrected chi connectivity index (χ1v) is 24.3. The fraction of sp³-hybridized carbons (Fsp3) is 1.00. The number of aliphatic hydroxyl groups is 12. The van der Waals surface area contributed by atoms with Gasteiger partial charge in [-0.15, -0.1) is 0 Å². The summed E-state index contributed by atoms with van der Waals surface area (Å²) in [6.07, 6.45) is -18.0. The minimum absolute atomic E-state index is 0.0208. The Balaban J connectivity index is 1.04. The summed E-state index contributed by atoms with van der Waals surface area (Å²) in [6.45, 7) is 13.2. The lowest BCUT2D eigenvalue weighted by molar-refractivity contribution is -0.369. The molecule has 9 rings (SSSR count). The van der Waals surface area contributed by atoms with Crippen LogP contribution in [0.25, 0.3) is 0 Å². The van der Waals surface area contributed by atoms with Crippen LogP contribution in [0.1, 0.15) is 99.8 Å². The molecule has 0 amide bonds. The predicted molar refractivity (Wildman–Crippen MR) is 226 cm³/mol. The Labute approximate surface area is 386 Å². The van der Waals surface area contributed by atoms with Gasteiger partial charge >= 0.3 is 0 Å². The molecule has 0 aromatic heterocycles. The van der Waals surface area contributed by atoms with Gasteiger partial charge in [0.15, 0.2) is 18.9 Å². The van der Waals surface area contributed by atoms with Crippen molar-refractivity contribution >= 4 is 0 Å². The highest BCUT2D eigenvalue weighted by molar-refractivity contribution is 5.33. The van der Waals surface area contributed by atoms with Crippen molar-refractivity contribution in [1.82, 2.24) is 0 Å². The van der Waals surface area contributed by atoms with Gasteiger partial charge in [-0.3, -0.25) is 0 Å². The van der Waals surface area contributed by atoms with E-state index in [-0.39, 0.29) is 46.5 Å². The van der Waals surface area contributed by atoms with Crippen LogP contribution in [-0.4, -0.2) is 203 Å². The van der Waals surface area contributed by atoms with Gasteiger partial charge in [0.05, 0.1) is 55.9 Å². The van der Waals surface area contributed by atoms with E-state index < -0.39 is 140 Å². The summed E-state index contributed by atoms with van der Waals surface area (Å²) in [7, 11) is 0. The Morgan fingerprint density at radius 3 is 1.79 bits per heavy atom. The van der Waals surface area contributed by atoms with Crippen LogP contribution in [0.15, 0.2) is 0 Å². The van der Waals surface area contributed by atoms with E-state index in [4.69, 9.17) is 33.2 Å². The summed E-state index contributed by atoms with van der Waals surface area (Å²) in [6, 6.07) is 0. The average molecular weight is 947 g/mol. The lowest BCUT2D eigenvalue weighted by Crippen LogP contribution is -2.66. The summed E-state index contributed by atoms with van der Waals surface area (Å²) in [5, 5.41) is 130. The molecule has 26 unspecified atom stereocenters. The van der Waals surface area contributed by atoms with Crippen LogP contribution in [0.3, 0.4) is 0 Å². The van der Waals surface area contributed by atoms with Gasteiger partial charge in [-0.1, -0.05) is 27.7 Å². The fourth-order valence-electron chi connectivity index (χ4n) is 16.3. The smallest absolute Gasteiger partial charge is 0.187 e. The maximum Gasteiger partial charge on any atom is 0.187 e. The minimum Gasteiger partial charge on any atom is -0.394 e. The van der Waals surface area contributed by atoms with Crippen molar-refractivity contribution < 1.29 is 94.4 Å². The minimum atomic E-state index is -1.80. The summed E-state index contributed by atoms with van der Waals surface area (Å²) in [5.41, 5.74) is -3.68. The summed E-state index contributed by atoms with van der Waals surface area (Å²) < 4.78 is 44.1. The highest BCUT2D eigenvalue weighted by Crippen LogP contribution is 2.89. The van der Waals surface area contributed by atoms with E-state index in [0.29, 0.717) is 38.7 Å². The lowest BCUT2D eigenvalue weighted by Gasteiger charge is -2.65. The highest BCUT2D eigenvalue weighted by atomic mass is 16.8. The zero-order chi connectivity index (χ0) is 48.1. The molecule has 19 nitrogen and oxygen atoms in total. The molecule has 19 heteroatoms. The highest BCUT2D eigenvalue weighted by Gasteiger charge is 2.85.